The lowest BCUT2D eigenvalue weighted by molar-refractivity contribution is -0.115. The minimum absolute atomic E-state index is 0.0324. The Kier molecular flexibility index (Phi) is 15.9. The number of rotatable bonds is 4. The molecule has 0 radical (unpaired) electrons. The van der Waals surface area contributed by atoms with Gasteiger partial charge in [0.1, 0.15) is 24.4 Å². The number of ketones is 1. The van der Waals surface area contributed by atoms with Gasteiger partial charge in [-0.05, 0) is 38.0 Å². The molecule has 1 aliphatic heterocycles. The molecule has 5 heteroatoms. The molecule has 0 spiro atoms. The van der Waals surface area contributed by atoms with E-state index in [0.717, 1.165) is 30.7 Å². The Morgan fingerprint density at radius 3 is 2.32 bits per heavy atom. The molecule has 0 aliphatic carbocycles. The molecule has 1 aliphatic rings. The predicted molar refractivity (Wildman–Crippen MR) is 107 cm³/mol. The number of ether oxygens (including phenoxy) is 1. The van der Waals surface area contributed by atoms with Gasteiger partial charge in [0.2, 0.25) is 0 Å². The molecule has 1 heterocycles. The fourth-order valence-electron chi connectivity index (χ4n) is 2.00. The lowest BCUT2D eigenvalue weighted by Crippen LogP contribution is -2.40. The van der Waals surface area contributed by atoms with Crippen LogP contribution in [0.2, 0.25) is 0 Å². The number of hydrogen-bond acceptors (Lipinski definition) is 5. The van der Waals surface area contributed by atoms with Crippen LogP contribution >= 0.6 is 0 Å². The number of Topliss-reactive ketones (excluding diaryl/α,β-unsaturated/α-hetero) is 1. The third-order valence-corrected chi connectivity index (χ3v) is 3.31. The summed E-state index contributed by atoms with van der Waals surface area (Å²) in [6.45, 7) is 15.1. The summed E-state index contributed by atoms with van der Waals surface area (Å²) in [7, 11) is 0. The average molecular weight is 353 g/mol. The van der Waals surface area contributed by atoms with Crippen molar-refractivity contribution in [3.05, 3.63) is 23.8 Å². The molecule has 0 bridgehead atoms. The second kappa shape index (κ2) is 15.6. The number of aldehydes is 1. The van der Waals surface area contributed by atoms with Crippen molar-refractivity contribution in [3.8, 4) is 5.75 Å². The van der Waals surface area contributed by atoms with Gasteiger partial charge in [0.25, 0.3) is 0 Å². The number of carbonyl (C=O) groups excluding carboxylic acids is 2. The van der Waals surface area contributed by atoms with Crippen LogP contribution in [0, 0.1) is 0 Å². The zero-order valence-electron chi connectivity index (χ0n) is 17.0. The van der Waals surface area contributed by atoms with Gasteiger partial charge in [-0.2, -0.15) is 0 Å². The van der Waals surface area contributed by atoms with Crippen LogP contribution < -0.4 is 15.4 Å². The number of benzene rings is 1. The lowest BCUT2D eigenvalue weighted by Gasteiger charge is -2.33. The van der Waals surface area contributed by atoms with Crippen molar-refractivity contribution in [3.63, 3.8) is 0 Å². The van der Waals surface area contributed by atoms with Gasteiger partial charge in [0.15, 0.2) is 0 Å². The Morgan fingerprint density at radius 1 is 1.32 bits per heavy atom. The third kappa shape index (κ3) is 9.25. The van der Waals surface area contributed by atoms with E-state index in [2.05, 4.69) is 24.0 Å². The SMILES string of the molecule is CC.CC.CC(=O)CN.CCc1ccc2c(c1)N(C(C)C=O)CCO2. The molecule has 1 aromatic rings. The molecule has 0 saturated heterocycles. The maximum absolute atomic E-state index is 10.9. The van der Waals surface area contributed by atoms with Crippen molar-refractivity contribution < 1.29 is 14.3 Å². The van der Waals surface area contributed by atoms with Crippen molar-refractivity contribution in [1.29, 1.82) is 0 Å². The van der Waals surface area contributed by atoms with Crippen LogP contribution in [0.15, 0.2) is 18.2 Å². The largest absolute Gasteiger partial charge is 0.490 e. The highest BCUT2D eigenvalue weighted by atomic mass is 16.5. The number of anilines is 1. The van der Waals surface area contributed by atoms with E-state index in [4.69, 9.17) is 10.5 Å². The molecule has 5 nitrogen and oxygen atoms in total. The van der Waals surface area contributed by atoms with Crippen LogP contribution in [0.1, 0.15) is 54.0 Å². The Balaban J connectivity index is 0. The van der Waals surface area contributed by atoms with Crippen LogP contribution in [-0.4, -0.2) is 37.8 Å². The average Bonchev–Trinajstić information content (AvgIpc) is 2.69. The van der Waals surface area contributed by atoms with Crippen molar-refractivity contribution in [2.24, 2.45) is 5.73 Å². The van der Waals surface area contributed by atoms with E-state index in [-0.39, 0.29) is 18.4 Å². The quantitative estimate of drug-likeness (QED) is 0.838. The maximum Gasteiger partial charge on any atom is 0.143 e. The molecule has 0 aromatic heterocycles. The van der Waals surface area contributed by atoms with Crippen molar-refractivity contribution in [1.82, 2.24) is 0 Å². The smallest absolute Gasteiger partial charge is 0.143 e. The molecule has 1 aromatic carbocycles. The second-order valence-electron chi connectivity index (χ2n) is 4.98. The molecular weight excluding hydrogens is 316 g/mol. The van der Waals surface area contributed by atoms with Crippen LogP contribution in [-0.2, 0) is 16.0 Å². The van der Waals surface area contributed by atoms with Gasteiger partial charge in [-0.1, -0.05) is 40.7 Å². The maximum atomic E-state index is 10.9. The Hall–Kier alpha value is -1.88. The molecule has 1 atom stereocenters. The van der Waals surface area contributed by atoms with Crippen LogP contribution in [0.5, 0.6) is 5.75 Å². The lowest BCUT2D eigenvalue weighted by atomic mass is 10.1. The zero-order valence-corrected chi connectivity index (χ0v) is 17.0. The Morgan fingerprint density at radius 2 is 1.88 bits per heavy atom. The van der Waals surface area contributed by atoms with Crippen LogP contribution in [0.4, 0.5) is 5.69 Å². The minimum atomic E-state index is -0.0882. The summed E-state index contributed by atoms with van der Waals surface area (Å²) in [4.78, 5) is 22.7. The van der Waals surface area contributed by atoms with E-state index >= 15 is 0 Å². The molecular formula is C20H36N2O3. The molecule has 2 rings (SSSR count). The first-order chi connectivity index (χ1) is 12.0. The van der Waals surface area contributed by atoms with Crippen LogP contribution in [0.3, 0.4) is 0 Å². The number of carbonyl (C=O) groups is 2. The summed E-state index contributed by atoms with van der Waals surface area (Å²) in [5.41, 5.74) is 7.14. The van der Waals surface area contributed by atoms with Crippen molar-refractivity contribution in [2.45, 2.75) is 60.9 Å². The summed E-state index contributed by atoms with van der Waals surface area (Å²) in [5.74, 6) is 0.919. The van der Waals surface area contributed by atoms with E-state index in [0.29, 0.717) is 6.61 Å². The number of nitrogens with two attached hydrogens (primary N) is 1. The number of hydrogen-bond donors (Lipinski definition) is 1. The summed E-state index contributed by atoms with van der Waals surface area (Å²) in [6.07, 6.45) is 1.98. The highest BCUT2D eigenvalue weighted by Crippen LogP contribution is 2.33. The highest BCUT2D eigenvalue weighted by Gasteiger charge is 2.22. The molecule has 144 valence electrons. The van der Waals surface area contributed by atoms with Crippen molar-refractivity contribution in [2.75, 3.05) is 24.6 Å². The molecule has 0 fully saturated rings. The van der Waals surface area contributed by atoms with Gasteiger partial charge < -0.3 is 20.2 Å². The third-order valence-electron chi connectivity index (χ3n) is 3.31. The molecule has 2 N–H and O–H groups in total. The highest BCUT2D eigenvalue weighted by molar-refractivity contribution is 5.77. The Labute approximate surface area is 153 Å². The van der Waals surface area contributed by atoms with Gasteiger partial charge in [-0.15, -0.1) is 0 Å². The molecule has 0 saturated carbocycles. The van der Waals surface area contributed by atoms with E-state index < -0.39 is 0 Å². The fourth-order valence-corrected chi connectivity index (χ4v) is 2.00. The first-order valence-corrected chi connectivity index (χ1v) is 9.20. The van der Waals surface area contributed by atoms with Gasteiger partial charge >= 0.3 is 0 Å². The first kappa shape index (κ1) is 25.4. The normalized spacial score (nSPS) is 12.4. The van der Waals surface area contributed by atoms with Crippen LogP contribution in [0.25, 0.3) is 0 Å². The number of aryl methyl sites for hydroxylation is 1. The fraction of sp³-hybridized carbons (Fsp3) is 0.600. The zero-order chi connectivity index (χ0) is 19.8. The van der Waals surface area contributed by atoms with E-state index in [1.165, 1.54) is 12.5 Å². The first-order valence-electron chi connectivity index (χ1n) is 9.20. The molecule has 0 amide bonds. The second-order valence-corrected chi connectivity index (χ2v) is 4.98. The van der Waals surface area contributed by atoms with Gasteiger partial charge in [-0.3, -0.25) is 4.79 Å². The monoisotopic (exact) mass is 352 g/mol. The number of fused-ring (bicyclic) bond motifs is 1. The molecule has 1 unspecified atom stereocenters. The summed E-state index contributed by atoms with van der Waals surface area (Å²) < 4.78 is 5.59. The topological polar surface area (TPSA) is 72.6 Å². The molecule has 25 heavy (non-hydrogen) atoms. The van der Waals surface area contributed by atoms with Gasteiger partial charge in [0.05, 0.1) is 24.8 Å². The van der Waals surface area contributed by atoms with E-state index in [9.17, 15) is 9.59 Å². The predicted octanol–water partition coefficient (Wildman–Crippen LogP) is 3.62. The van der Waals surface area contributed by atoms with Crippen molar-refractivity contribution >= 4 is 17.8 Å². The Bertz CT molecular complexity index is 490. The summed E-state index contributed by atoms with van der Waals surface area (Å²) in [5, 5.41) is 0. The van der Waals surface area contributed by atoms with Gasteiger partial charge in [0, 0.05) is 0 Å². The summed E-state index contributed by atoms with van der Waals surface area (Å²) >= 11 is 0. The summed E-state index contributed by atoms with van der Waals surface area (Å²) in [6, 6.07) is 6.11. The van der Waals surface area contributed by atoms with E-state index in [1.807, 2.05) is 40.7 Å². The van der Waals surface area contributed by atoms with Gasteiger partial charge in [-0.25, -0.2) is 0 Å². The number of nitrogens with zero attached hydrogens (tertiary/aromatic N) is 1. The van der Waals surface area contributed by atoms with E-state index in [1.54, 1.807) is 0 Å². The minimum Gasteiger partial charge on any atom is -0.490 e. The standard InChI is InChI=1S/C13H17NO2.C3H7NO.2C2H6/c1-3-11-4-5-13-12(8-11)14(6-7-16-13)10(2)9-15;1-3(5)2-4;2*1-2/h4-5,8-10H,3,6-7H2,1-2H3;2,4H2,1H3;2*1-2H3.